The third-order valence-electron chi connectivity index (χ3n) is 4.92. The molecule has 2 N–H and O–H groups in total. The van der Waals surface area contributed by atoms with Crippen LogP contribution in [-0.4, -0.2) is 47.0 Å². The maximum atomic E-state index is 13.3. The number of ether oxygens (including phenoxy) is 1. The van der Waals surface area contributed by atoms with E-state index in [0.29, 0.717) is 30.9 Å². The molecule has 3 aromatic carbocycles. The van der Waals surface area contributed by atoms with Crippen molar-refractivity contribution in [3.8, 4) is 0 Å². The number of nitrogens with one attached hydrogen (secondary N) is 2. The Labute approximate surface area is 199 Å². The number of para-hydroxylation sites is 2. The maximum absolute atomic E-state index is 13.3. The normalized spacial score (nSPS) is 11.0. The molecule has 3 rings (SSSR count). The molecule has 0 aliphatic rings. The summed E-state index contributed by atoms with van der Waals surface area (Å²) in [6.07, 6.45) is 0.653. The molecule has 0 saturated heterocycles. The predicted octanol–water partition coefficient (Wildman–Crippen LogP) is 3.29. The van der Waals surface area contributed by atoms with Gasteiger partial charge in [-0.15, -0.1) is 0 Å². The quantitative estimate of drug-likeness (QED) is 0.409. The van der Waals surface area contributed by atoms with Crippen molar-refractivity contribution in [3.05, 3.63) is 90.5 Å². The Morgan fingerprint density at radius 3 is 2.18 bits per heavy atom. The first-order valence-electron chi connectivity index (χ1n) is 10.7. The number of amides is 2. The second kappa shape index (κ2) is 12.0. The fourth-order valence-corrected chi connectivity index (χ4v) is 4.69. The van der Waals surface area contributed by atoms with Crippen LogP contribution in [0.2, 0.25) is 0 Å². The van der Waals surface area contributed by atoms with Crippen molar-refractivity contribution in [2.24, 2.45) is 0 Å². The van der Waals surface area contributed by atoms with Crippen LogP contribution in [0.15, 0.2) is 89.8 Å². The lowest BCUT2D eigenvalue weighted by molar-refractivity contribution is -0.114. The Bertz CT molecular complexity index is 1200. The Morgan fingerprint density at radius 2 is 1.50 bits per heavy atom. The minimum absolute atomic E-state index is 0.0717. The van der Waals surface area contributed by atoms with Crippen LogP contribution in [0.25, 0.3) is 0 Å². The molecule has 0 aliphatic heterocycles. The van der Waals surface area contributed by atoms with Gasteiger partial charge < -0.3 is 15.4 Å². The van der Waals surface area contributed by atoms with Crippen LogP contribution in [0, 0.1) is 0 Å². The van der Waals surface area contributed by atoms with Gasteiger partial charge >= 0.3 is 0 Å². The molecule has 178 valence electrons. The van der Waals surface area contributed by atoms with E-state index in [0.717, 1.165) is 4.31 Å². The fraction of sp³-hybridized carbons (Fsp3) is 0.200. The first-order valence-corrected chi connectivity index (χ1v) is 12.2. The largest absolute Gasteiger partial charge is 0.385 e. The Morgan fingerprint density at radius 1 is 0.882 bits per heavy atom. The van der Waals surface area contributed by atoms with Crippen LogP contribution >= 0.6 is 0 Å². The van der Waals surface area contributed by atoms with Crippen LogP contribution in [0.1, 0.15) is 16.8 Å². The zero-order valence-electron chi connectivity index (χ0n) is 18.8. The minimum Gasteiger partial charge on any atom is -0.385 e. The van der Waals surface area contributed by atoms with Gasteiger partial charge in [-0.3, -0.25) is 13.9 Å². The van der Waals surface area contributed by atoms with Gasteiger partial charge in [0.05, 0.1) is 21.8 Å². The second-order valence-electron chi connectivity index (χ2n) is 7.36. The van der Waals surface area contributed by atoms with Gasteiger partial charge in [-0.25, -0.2) is 8.42 Å². The lowest BCUT2D eigenvalue weighted by atomic mass is 10.1. The molecular formula is C25H27N3O5S. The molecule has 0 aromatic heterocycles. The topological polar surface area (TPSA) is 105 Å². The number of methoxy groups -OCH3 is 1. The van der Waals surface area contributed by atoms with Crippen LogP contribution in [0.4, 0.5) is 11.4 Å². The standard InChI is InChI=1S/C25H27N3O5S/c1-33-18-10-17-26-25(30)22-15-8-9-16-23(22)27-24(29)19-28(20-11-4-2-5-12-20)34(31,32)21-13-6-3-7-14-21/h2-9,11-16H,10,17-19H2,1H3,(H,26,30)(H,27,29). The molecule has 0 bridgehead atoms. The summed E-state index contributed by atoms with van der Waals surface area (Å²) < 4.78 is 32.7. The smallest absolute Gasteiger partial charge is 0.264 e. The van der Waals surface area contributed by atoms with Gasteiger partial charge in [-0.05, 0) is 42.8 Å². The molecule has 0 heterocycles. The van der Waals surface area contributed by atoms with E-state index in [1.807, 2.05) is 0 Å². The molecule has 8 nitrogen and oxygen atoms in total. The highest BCUT2D eigenvalue weighted by molar-refractivity contribution is 7.92. The number of hydrogen-bond acceptors (Lipinski definition) is 5. The van der Waals surface area contributed by atoms with Gasteiger partial charge in [0.25, 0.3) is 15.9 Å². The van der Waals surface area contributed by atoms with Crippen molar-refractivity contribution in [2.45, 2.75) is 11.3 Å². The van der Waals surface area contributed by atoms with Gasteiger partial charge in [0.1, 0.15) is 6.54 Å². The summed E-state index contributed by atoms with van der Waals surface area (Å²) in [6, 6.07) is 22.9. The SMILES string of the molecule is COCCCNC(=O)c1ccccc1NC(=O)CN(c1ccccc1)S(=O)(=O)c1ccccc1. The van der Waals surface area contributed by atoms with Gasteiger partial charge in [-0.2, -0.15) is 0 Å². The highest BCUT2D eigenvalue weighted by atomic mass is 32.2. The number of rotatable bonds is 11. The molecule has 0 fully saturated rings. The number of hydrogen-bond donors (Lipinski definition) is 2. The first-order chi connectivity index (χ1) is 16.4. The third kappa shape index (κ3) is 6.43. The molecule has 2 amide bonds. The summed E-state index contributed by atoms with van der Waals surface area (Å²) in [7, 11) is -2.42. The molecule has 34 heavy (non-hydrogen) atoms. The average Bonchev–Trinajstić information content (AvgIpc) is 2.86. The van der Waals surface area contributed by atoms with Crippen molar-refractivity contribution >= 4 is 33.2 Å². The molecule has 0 atom stereocenters. The Hall–Kier alpha value is -3.69. The maximum Gasteiger partial charge on any atom is 0.264 e. The van der Waals surface area contributed by atoms with Gasteiger partial charge in [0, 0.05) is 20.3 Å². The molecule has 0 aliphatic carbocycles. The van der Waals surface area contributed by atoms with Gasteiger partial charge in [0.2, 0.25) is 5.91 Å². The number of carbonyl (C=O) groups is 2. The summed E-state index contributed by atoms with van der Waals surface area (Å²) in [4.78, 5) is 25.6. The third-order valence-corrected chi connectivity index (χ3v) is 6.71. The Balaban J connectivity index is 1.81. The van der Waals surface area contributed by atoms with Crippen molar-refractivity contribution in [3.63, 3.8) is 0 Å². The molecule has 0 radical (unpaired) electrons. The van der Waals surface area contributed by atoms with E-state index in [1.54, 1.807) is 79.9 Å². The number of anilines is 2. The summed E-state index contributed by atoms with van der Waals surface area (Å²) in [6.45, 7) is 0.473. The molecule has 3 aromatic rings. The highest BCUT2D eigenvalue weighted by Crippen LogP contribution is 2.24. The fourth-order valence-electron chi connectivity index (χ4n) is 3.25. The van der Waals surface area contributed by atoms with Gasteiger partial charge in [0.15, 0.2) is 0 Å². The van der Waals surface area contributed by atoms with E-state index in [4.69, 9.17) is 4.74 Å². The lowest BCUT2D eigenvalue weighted by Crippen LogP contribution is -2.38. The first kappa shape index (κ1) is 24.9. The number of nitrogens with zero attached hydrogens (tertiary/aromatic N) is 1. The van der Waals surface area contributed by atoms with Crippen molar-refractivity contribution < 1.29 is 22.7 Å². The molecular weight excluding hydrogens is 454 g/mol. The molecule has 9 heteroatoms. The van der Waals surface area contributed by atoms with E-state index < -0.39 is 22.5 Å². The lowest BCUT2D eigenvalue weighted by Gasteiger charge is -2.24. The van der Waals surface area contributed by atoms with Crippen molar-refractivity contribution in [2.75, 3.05) is 36.4 Å². The van der Waals surface area contributed by atoms with Crippen LogP contribution in [-0.2, 0) is 19.6 Å². The highest BCUT2D eigenvalue weighted by Gasteiger charge is 2.27. The number of benzene rings is 3. The van der Waals surface area contributed by atoms with Crippen LogP contribution in [0.3, 0.4) is 0 Å². The predicted molar refractivity (Wildman–Crippen MR) is 131 cm³/mol. The van der Waals surface area contributed by atoms with Crippen LogP contribution in [0.5, 0.6) is 0 Å². The monoisotopic (exact) mass is 481 g/mol. The number of carbonyl (C=O) groups excluding carboxylic acids is 2. The Kier molecular flexibility index (Phi) is 8.78. The van der Waals surface area contributed by atoms with E-state index in [9.17, 15) is 18.0 Å². The summed E-state index contributed by atoms with van der Waals surface area (Å²) >= 11 is 0. The zero-order chi connectivity index (χ0) is 24.4. The van der Waals surface area contributed by atoms with E-state index in [-0.39, 0.29) is 16.4 Å². The van der Waals surface area contributed by atoms with Gasteiger partial charge in [-0.1, -0.05) is 48.5 Å². The second-order valence-corrected chi connectivity index (χ2v) is 9.22. The minimum atomic E-state index is -4.00. The molecule has 0 saturated carbocycles. The van der Waals surface area contributed by atoms with E-state index >= 15 is 0 Å². The van der Waals surface area contributed by atoms with E-state index in [2.05, 4.69) is 10.6 Å². The zero-order valence-corrected chi connectivity index (χ0v) is 19.6. The number of sulfonamides is 1. The summed E-state index contributed by atoms with van der Waals surface area (Å²) in [5.41, 5.74) is 0.929. The molecule has 0 unspecified atom stereocenters. The summed E-state index contributed by atoms with van der Waals surface area (Å²) in [5.74, 6) is -0.924. The van der Waals surface area contributed by atoms with Crippen LogP contribution < -0.4 is 14.9 Å². The average molecular weight is 482 g/mol. The summed E-state index contributed by atoms with van der Waals surface area (Å²) in [5, 5.41) is 5.47. The molecule has 0 spiro atoms. The van der Waals surface area contributed by atoms with Crippen molar-refractivity contribution in [1.82, 2.24) is 5.32 Å². The van der Waals surface area contributed by atoms with Crippen molar-refractivity contribution in [1.29, 1.82) is 0 Å². The van der Waals surface area contributed by atoms with E-state index in [1.165, 1.54) is 12.1 Å².